The lowest BCUT2D eigenvalue weighted by Gasteiger charge is -2.11. The van der Waals surface area contributed by atoms with Gasteiger partial charge in [-0.15, -0.1) is 0 Å². The van der Waals surface area contributed by atoms with Crippen LogP contribution < -0.4 is 21.1 Å². The van der Waals surface area contributed by atoms with Crippen LogP contribution in [0.3, 0.4) is 0 Å². The average Bonchev–Trinajstić information content (AvgIpc) is 2.71. The van der Waals surface area contributed by atoms with Crippen molar-refractivity contribution in [3.8, 4) is 5.75 Å². The van der Waals surface area contributed by atoms with Gasteiger partial charge in [-0.05, 0) is 49.2 Å². The van der Waals surface area contributed by atoms with E-state index in [2.05, 4.69) is 15.8 Å². The van der Waals surface area contributed by atoms with Gasteiger partial charge in [0.05, 0.1) is 10.9 Å². The Morgan fingerprint density at radius 1 is 1.03 bits per heavy atom. The zero-order valence-electron chi connectivity index (χ0n) is 17.2. The molecule has 0 fully saturated rings. The number of hydrogen-bond acceptors (Lipinski definition) is 5. The molecular weight excluding hydrogens is 384 g/mol. The van der Waals surface area contributed by atoms with E-state index >= 15 is 0 Å². The van der Waals surface area contributed by atoms with Crippen LogP contribution in [0.25, 0.3) is 10.9 Å². The molecule has 0 unspecified atom stereocenters. The Morgan fingerprint density at radius 2 is 1.70 bits per heavy atom. The summed E-state index contributed by atoms with van der Waals surface area (Å²) in [5, 5.41) is 0.532. The van der Waals surface area contributed by atoms with Gasteiger partial charge < -0.3 is 4.74 Å². The molecule has 0 bridgehead atoms. The number of fused-ring (bicyclic) bond motifs is 1. The van der Waals surface area contributed by atoms with Gasteiger partial charge in [-0.25, -0.2) is 4.98 Å². The molecule has 2 aromatic carbocycles. The first-order valence-electron chi connectivity index (χ1n) is 9.57. The molecule has 30 heavy (non-hydrogen) atoms. The molecule has 3 aromatic rings. The Balaban J connectivity index is 1.49. The zero-order chi connectivity index (χ0) is 21.7. The molecule has 0 saturated carbocycles. The molecule has 2 amide bonds. The molecule has 0 atom stereocenters. The van der Waals surface area contributed by atoms with Gasteiger partial charge in [-0.3, -0.25) is 29.8 Å². The molecule has 8 heteroatoms. The smallest absolute Gasteiger partial charge is 0.276 e. The SMILES string of the molecule is Cc1cc(C)cc(OCC(=O)NNC(=O)CCc2nc3ccccc3c(=O)n2C)c1. The minimum absolute atomic E-state index is 0.0663. The Bertz CT molecular complexity index is 1130. The van der Waals surface area contributed by atoms with E-state index in [0.717, 1.165) is 11.1 Å². The molecule has 0 aliphatic rings. The molecule has 0 saturated heterocycles. The van der Waals surface area contributed by atoms with Crippen molar-refractivity contribution in [2.45, 2.75) is 26.7 Å². The van der Waals surface area contributed by atoms with Crippen molar-refractivity contribution in [1.29, 1.82) is 0 Å². The van der Waals surface area contributed by atoms with Crippen molar-refractivity contribution in [3.63, 3.8) is 0 Å². The molecule has 156 valence electrons. The number of hydrazine groups is 1. The number of aromatic nitrogens is 2. The minimum Gasteiger partial charge on any atom is -0.484 e. The predicted octanol–water partition coefficient (Wildman–Crippen LogP) is 1.71. The normalized spacial score (nSPS) is 10.6. The summed E-state index contributed by atoms with van der Waals surface area (Å²) in [6.07, 6.45) is 0.328. The van der Waals surface area contributed by atoms with Gasteiger partial charge in [-0.2, -0.15) is 0 Å². The number of benzene rings is 2. The zero-order valence-corrected chi connectivity index (χ0v) is 17.2. The standard InChI is InChI=1S/C22H24N4O4/c1-14-10-15(2)12-16(11-14)30-13-21(28)25-24-20(27)9-8-19-23-18-7-5-4-6-17(18)22(29)26(19)3/h4-7,10-12H,8-9,13H2,1-3H3,(H,24,27)(H,25,28). The topological polar surface area (TPSA) is 102 Å². The van der Waals surface area contributed by atoms with Gasteiger partial charge >= 0.3 is 0 Å². The largest absolute Gasteiger partial charge is 0.484 e. The van der Waals surface area contributed by atoms with Crippen molar-refractivity contribution in [2.24, 2.45) is 7.05 Å². The Hall–Kier alpha value is -3.68. The second-order valence-corrected chi connectivity index (χ2v) is 7.12. The minimum atomic E-state index is -0.473. The van der Waals surface area contributed by atoms with Crippen LogP contribution in [0, 0.1) is 13.8 Å². The van der Waals surface area contributed by atoms with E-state index in [1.807, 2.05) is 32.0 Å². The number of amides is 2. The molecule has 0 radical (unpaired) electrons. The van der Waals surface area contributed by atoms with Gasteiger partial charge in [0, 0.05) is 19.9 Å². The average molecular weight is 408 g/mol. The summed E-state index contributed by atoms with van der Waals surface area (Å²) in [7, 11) is 1.63. The van der Waals surface area contributed by atoms with E-state index in [1.165, 1.54) is 4.57 Å². The number of aryl methyl sites for hydroxylation is 3. The number of ether oxygens (including phenoxy) is 1. The third-order valence-corrected chi connectivity index (χ3v) is 4.56. The lowest BCUT2D eigenvalue weighted by molar-refractivity contribution is -0.130. The summed E-state index contributed by atoms with van der Waals surface area (Å²) in [5.41, 5.74) is 7.18. The summed E-state index contributed by atoms with van der Waals surface area (Å²) < 4.78 is 6.89. The predicted molar refractivity (Wildman–Crippen MR) is 113 cm³/mol. The maximum atomic E-state index is 12.4. The molecule has 0 aliphatic carbocycles. The maximum Gasteiger partial charge on any atom is 0.276 e. The van der Waals surface area contributed by atoms with Crippen LogP contribution in [0.5, 0.6) is 5.75 Å². The fraction of sp³-hybridized carbons (Fsp3) is 0.273. The maximum absolute atomic E-state index is 12.4. The summed E-state index contributed by atoms with van der Waals surface area (Å²) in [4.78, 5) is 40.8. The van der Waals surface area contributed by atoms with Crippen LogP contribution in [-0.4, -0.2) is 28.0 Å². The number of nitrogens with zero attached hydrogens (tertiary/aromatic N) is 2. The Labute approximate surface area is 173 Å². The number of nitrogens with one attached hydrogen (secondary N) is 2. The van der Waals surface area contributed by atoms with Crippen LogP contribution in [-0.2, 0) is 23.1 Å². The highest BCUT2D eigenvalue weighted by molar-refractivity contribution is 5.83. The highest BCUT2D eigenvalue weighted by atomic mass is 16.5. The van der Waals surface area contributed by atoms with Crippen LogP contribution in [0.2, 0.25) is 0 Å². The van der Waals surface area contributed by atoms with Crippen LogP contribution in [0.1, 0.15) is 23.4 Å². The van der Waals surface area contributed by atoms with Gasteiger partial charge in [0.1, 0.15) is 11.6 Å². The highest BCUT2D eigenvalue weighted by Crippen LogP contribution is 2.15. The van der Waals surface area contributed by atoms with E-state index in [9.17, 15) is 14.4 Å². The molecular formula is C22H24N4O4. The van der Waals surface area contributed by atoms with Crippen molar-refractivity contribution < 1.29 is 14.3 Å². The summed E-state index contributed by atoms with van der Waals surface area (Å²) >= 11 is 0. The van der Waals surface area contributed by atoms with Crippen molar-refractivity contribution in [3.05, 3.63) is 69.8 Å². The van der Waals surface area contributed by atoms with E-state index in [0.29, 0.717) is 22.5 Å². The monoisotopic (exact) mass is 408 g/mol. The second-order valence-electron chi connectivity index (χ2n) is 7.12. The number of carbonyl (C=O) groups excluding carboxylic acids is 2. The number of para-hydroxylation sites is 1. The van der Waals surface area contributed by atoms with Crippen LogP contribution in [0.15, 0.2) is 47.3 Å². The lowest BCUT2D eigenvalue weighted by Crippen LogP contribution is -2.44. The fourth-order valence-corrected chi connectivity index (χ4v) is 3.12. The molecule has 0 spiro atoms. The van der Waals surface area contributed by atoms with E-state index in [1.54, 1.807) is 31.3 Å². The Morgan fingerprint density at radius 3 is 2.43 bits per heavy atom. The molecule has 1 aromatic heterocycles. The van der Waals surface area contributed by atoms with E-state index in [-0.39, 0.29) is 25.0 Å². The third-order valence-electron chi connectivity index (χ3n) is 4.56. The molecule has 8 nitrogen and oxygen atoms in total. The highest BCUT2D eigenvalue weighted by Gasteiger charge is 2.11. The van der Waals surface area contributed by atoms with Crippen LogP contribution >= 0.6 is 0 Å². The lowest BCUT2D eigenvalue weighted by atomic mass is 10.1. The van der Waals surface area contributed by atoms with E-state index < -0.39 is 11.8 Å². The summed E-state index contributed by atoms with van der Waals surface area (Å²) in [6.45, 7) is 3.67. The van der Waals surface area contributed by atoms with Crippen molar-refractivity contribution in [1.82, 2.24) is 20.4 Å². The van der Waals surface area contributed by atoms with Gasteiger partial charge in [-0.1, -0.05) is 18.2 Å². The molecule has 3 rings (SSSR count). The fourth-order valence-electron chi connectivity index (χ4n) is 3.12. The number of carbonyl (C=O) groups is 2. The van der Waals surface area contributed by atoms with Gasteiger partial charge in [0.2, 0.25) is 5.91 Å². The first-order chi connectivity index (χ1) is 14.3. The second kappa shape index (κ2) is 9.21. The van der Waals surface area contributed by atoms with E-state index in [4.69, 9.17) is 4.74 Å². The molecule has 0 aliphatic heterocycles. The van der Waals surface area contributed by atoms with Gasteiger partial charge in [0.15, 0.2) is 6.61 Å². The molecule has 2 N–H and O–H groups in total. The first-order valence-corrected chi connectivity index (χ1v) is 9.57. The first kappa shape index (κ1) is 21.0. The summed E-state index contributed by atoms with van der Waals surface area (Å²) in [6, 6.07) is 12.7. The summed E-state index contributed by atoms with van der Waals surface area (Å²) in [5.74, 6) is 0.228. The quantitative estimate of drug-likeness (QED) is 0.605. The van der Waals surface area contributed by atoms with Crippen molar-refractivity contribution in [2.75, 3.05) is 6.61 Å². The van der Waals surface area contributed by atoms with Crippen molar-refractivity contribution >= 4 is 22.7 Å². The Kier molecular flexibility index (Phi) is 6.46. The number of rotatable bonds is 6. The van der Waals surface area contributed by atoms with Gasteiger partial charge in [0.25, 0.3) is 11.5 Å². The van der Waals surface area contributed by atoms with Crippen LogP contribution in [0.4, 0.5) is 0 Å². The molecule has 1 heterocycles. The number of hydrogen-bond donors (Lipinski definition) is 2. The third kappa shape index (κ3) is 5.22.